The predicted octanol–water partition coefficient (Wildman–Crippen LogP) is 2.53. The molecule has 0 aromatic carbocycles. The second-order valence-electron chi connectivity index (χ2n) is 6.89. The number of hydrogen-bond acceptors (Lipinski definition) is 10. The van der Waals surface area contributed by atoms with Crippen molar-refractivity contribution < 1.29 is 37.7 Å². The van der Waals surface area contributed by atoms with E-state index < -0.39 is 47.5 Å². The first-order valence-electron chi connectivity index (χ1n) is 9.60. The maximum Gasteiger partial charge on any atom is 0.303 e. The number of esters is 3. The molecule has 1 aliphatic heterocycles. The van der Waals surface area contributed by atoms with Crippen LogP contribution in [0.5, 0.6) is 5.75 Å². The molecule has 1 aliphatic rings. The molecule has 4 atom stereocenters. The first-order chi connectivity index (χ1) is 15.2. The van der Waals surface area contributed by atoms with Crippen LogP contribution in [0.2, 0.25) is 0 Å². The average molecular weight is 464 g/mol. The minimum Gasteiger partial charge on any atom is -0.474 e. The zero-order valence-electron chi connectivity index (χ0n) is 17.5. The lowest BCUT2D eigenvalue weighted by Crippen LogP contribution is -2.55. The lowest BCUT2D eigenvalue weighted by Gasteiger charge is -2.39. The summed E-state index contributed by atoms with van der Waals surface area (Å²) in [6.45, 7) is 3.65. The second-order valence-corrected chi connectivity index (χ2v) is 8.02. The van der Waals surface area contributed by atoms with Gasteiger partial charge in [0.2, 0.25) is 0 Å². The van der Waals surface area contributed by atoms with Gasteiger partial charge in [0, 0.05) is 38.3 Å². The maximum atomic E-state index is 13.2. The average Bonchev–Trinajstić information content (AvgIpc) is 2.72. The molecule has 1 fully saturated rings. The molecule has 9 nitrogen and oxygen atoms in total. The predicted molar refractivity (Wildman–Crippen MR) is 111 cm³/mol. The van der Waals surface area contributed by atoms with Crippen molar-refractivity contribution >= 4 is 29.7 Å². The molecule has 32 heavy (non-hydrogen) atoms. The van der Waals surface area contributed by atoms with Crippen LogP contribution in [0.25, 0.3) is 11.3 Å². The highest BCUT2D eigenvalue weighted by Crippen LogP contribution is 2.34. The van der Waals surface area contributed by atoms with Crippen molar-refractivity contribution in [1.29, 1.82) is 0 Å². The molecule has 0 N–H and O–H groups in total. The Labute approximate surface area is 187 Å². The van der Waals surface area contributed by atoms with Crippen molar-refractivity contribution in [2.45, 2.75) is 44.5 Å². The number of rotatable bonds is 6. The van der Waals surface area contributed by atoms with Gasteiger partial charge in [-0.25, -0.2) is 4.39 Å². The third-order valence-electron chi connectivity index (χ3n) is 4.29. The standard InChI is InChI=1S/C21H21FN2O7S/c1-11(25)28-18-10-32-21(20(30-13(3)27)19(18)29-12(2)26)31-16-6-14(7-23-9-16)17-5-4-15(22)8-24-17/h4-9,18-21H,10H2,1-3H3/t18-,19+,20-,21-/m1/s1. The summed E-state index contributed by atoms with van der Waals surface area (Å²) in [6, 6.07) is 4.44. The summed E-state index contributed by atoms with van der Waals surface area (Å²) in [7, 11) is 0. The van der Waals surface area contributed by atoms with E-state index >= 15 is 0 Å². The SMILES string of the molecule is CC(=O)O[C@@H]1[C@@H](OC(C)=O)[C@H](OC(C)=O)CS[C@H]1Oc1cncc(-c2ccc(F)cn2)c1. The molecule has 0 radical (unpaired) electrons. The monoisotopic (exact) mass is 464 g/mol. The zero-order valence-corrected chi connectivity index (χ0v) is 18.3. The molecule has 11 heteroatoms. The van der Waals surface area contributed by atoms with E-state index in [1.807, 2.05) is 0 Å². The van der Waals surface area contributed by atoms with Crippen LogP contribution in [0.4, 0.5) is 4.39 Å². The highest BCUT2D eigenvalue weighted by Gasteiger charge is 2.47. The number of carbonyl (C=O) groups excluding carboxylic acids is 3. The molecule has 0 spiro atoms. The molecule has 0 saturated carbocycles. The molecule has 3 heterocycles. The van der Waals surface area contributed by atoms with Crippen molar-refractivity contribution in [3.63, 3.8) is 0 Å². The maximum absolute atomic E-state index is 13.2. The summed E-state index contributed by atoms with van der Waals surface area (Å²) < 4.78 is 35.2. The van der Waals surface area contributed by atoms with Gasteiger partial charge in [-0.3, -0.25) is 24.4 Å². The summed E-state index contributed by atoms with van der Waals surface area (Å²) in [5.41, 5.74) is 0.292. The number of pyridine rings is 2. The van der Waals surface area contributed by atoms with Crippen LogP contribution in [-0.4, -0.2) is 57.4 Å². The Morgan fingerprint density at radius 3 is 2.28 bits per heavy atom. The van der Waals surface area contributed by atoms with E-state index in [0.717, 1.165) is 6.20 Å². The van der Waals surface area contributed by atoms with Gasteiger partial charge < -0.3 is 18.9 Å². The quantitative estimate of drug-likeness (QED) is 0.467. The number of carbonyl (C=O) groups is 3. The summed E-state index contributed by atoms with van der Waals surface area (Å²) in [4.78, 5) is 43.1. The summed E-state index contributed by atoms with van der Waals surface area (Å²) >= 11 is 1.23. The van der Waals surface area contributed by atoms with Gasteiger partial charge >= 0.3 is 17.9 Å². The first-order valence-corrected chi connectivity index (χ1v) is 10.6. The van der Waals surface area contributed by atoms with Gasteiger partial charge in [-0.2, -0.15) is 0 Å². The summed E-state index contributed by atoms with van der Waals surface area (Å²) in [5.74, 6) is -1.69. The zero-order chi connectivity index (χ0) is 23.3. The fraction of sp³-hybridized carbons (Fsp3) is 0.381. The third kappa shape index (κ3) is 6.16. The van der Waals surface area contributed by atoms with Gasteiger partial charge in [0.25, 0.3) is 0 Å². The van der Waals surface area contributed by atoms with Gasteiger partial charge in [-0.05, 0) is 18.2 Å². The molecule has 2 aromatic heterocycles. The van der Waals surface area contributed by atoms with E-state index in [1.165, 1.54) is 50.9 Å². The smallest absolute Gasteiger partial charge is 0.303 e. The van der Waals surface area contributed by atoms with E-state index in [2.05, 4.69) is 9.97 Å². The lowest BCUT2D eigenvalue weighted by atomic mass is 10.1. The Hall–Kier alpha value is -3.21. The molecule has 0 aliphatic carbocycles. The second kappa shape index (κ2) is 10.4. The Bertz CT molecular complexity index is 988. The van der Waals surface area contributed by atoms with E-state index in [0.29, 0.717) is 17.0 Å². The normalized spacial score (nSPS) is 22.5. The van der Waals surface area contributed by atoms with E-state index in [9.17, 15) is 18.8 Å². The Morgan fingerprint density at radius 2 is 1.66 bits per heavy atom. The van der Waals surface area contributed by atoms with E-state index in [4.69, 9.17) is 18.9 Å². The van der Waals surface area contributed by atoms with Crippen LogP contribution in [0.3, 0.4) is 0 Å². The molecule has 3 rings (SSSR count). The number of thioether (sulfide) groups is 1. The molecular formula is C21H21FN2O7S. The minimum absolute atomic E-state index is 0.243. The molecule has 1 saturated heterocycles. The van der Waals surface area contributed by atoms with E-state index in [-0.39, 0.29) is 5.75 Å². The van der Waals surface area contributed by atoms with Crippen molar-refractivity contribution in [2.75, 3.05) is 5.75 Å². The van der Waals surface area contributed by atoms with Gasteiger partial charge in [0.05, 0.1) is 18.1 Å². The van der Waals surface area contributed by atoms with Gasteiger partial charge in [0.1, 0.15) is 11.6 Å². The number of aromatic nitrogens is 2. The van der Waals surface area contributed by atoms with Crippen LogP contribution in [0.15, 0.2) is 36.8 Å². The first kappa shape index (κ1) is 23.5. The molecular weight excluding hydrogens is 443 g/mol. The van der Waals surface area contributed by atoms with Gasteiger partial charge in [0.15, 0.2) is 23.7 Å². The lowest BCUT2D eigenvalue weighted by molar-refractivity contribution is -0.186. The number of nitrogens with zero attached hydrogens (tertiary/aromatic N) is 2. The Kier molecular flexibility index (Phi) is 7.62. The molecule has 0 unspecified atom stereocenters. The van der Waals surface area contributed by atoms with Crippen molar-refractivity contribution in [2.24, 2.45) is 0 Å². The largest absolute Gasteiger partial charge is 0.474 e. The Balaban J connectivity index is 1.86. The summed E-state index contributed by atoms with van der Waals surface area (Å²) in [6.07, 6.45) is 1.17. The number of ether oxygens (including phenoxy) is 4. The van der Waals surface area contributed by atoms with Crippen LogP contribution >= 0.6 is 11.8 Å². The minimum atomic E-state index is -1.05. The molecule has 170 valence electrons. The van der Waals surface area contributed by atoms with E-state index in [1.54, 1.807) is 12.3 Å². The number of halogens is 1. The Morgan fingerprint density at radius 1 is 0.969 bits per heavy atom. The van der Waals surface area contributed by atoms with Crippen LogP contribution in [0.1, 0.15) is 20.8 Å². The highest BCUT2D eigenvalue weighted by molar-refractivity contribution is 7.99. The topological polar surface area (TPSA) is 114 Å². The summed E-state index contributed by atoms with van der Waals surface area (Å²) in [5, 5.41) is 0. The fourth-order valence-corrected chi connectivity index (χ4v) is 4.33. The number of hydrogen-bond donors (Lipinski definition) is 0. The van der Waals surface area contributed by atoms with Crippen molar-refractivity contribution in [1.82, 2.24) is 9.97 Å². The molecule has 0 bridgehead atoms. The van der Waals surface area contributed by atoms with Crippen LogP contribution < -0.4 is 4.74 Å². The highest BCUT2D eigenvalue weighted by atomic mass is 32.2. The fourth-order valence-electron chi connectivity index (χ4n) is 3.11. The molecule has 0 amide bonds. The van der Waals surface area contributed by atoms with Gasteiger partial charge in [-0.1, -0.05) is 0 Å². The third-order valence-corrected chi connectivity index (χ3v) is 5.51. The molecule has 2 aromatic rings. The van der Waals surface area contributed by atoms with Crippen LogP contribution in [-0.2, 0) is 28.6 Å². The van der Waals surface area contributed by atoms with Crippen LogP contribution in [0, 0.1) is 5.82 Å². The van der Waals surface area contributed by atoms with Crippen molar-refractivity contribution in [3.8, 4) is 17.0 Å². The van der Waals surface area contributed by atoms with Crippen molar-refractivity contribution in [3.05, 3.63) is 42.6 Å². The van der Waals surface area contributed by atoms with Gasteiger partial charge in [-0.15, -0.1) is 11.8 Å².